The van der Waals surface area contributed by atoms with Crippen LogP contribution in [0.15, 0.2) is 0 Å². The zero-order valence-electron chi connectivity index (χ0n) is 30.4. The van der Waals surface area contributed by atoms with Gasteiger partial charge < -0.3 is 9.47 Å². The molecule has 5 heteroatoms. The van der Waals surface area contributed by atoms with Gasteiger partial charge in [0.2, 0.25) is 0 Å². The lowest BCUT2D eigenvalue weighted by molar-refractivity contribution is -0.0744. The second-order valence-electron chi connectivity index (χ2n) is 19.6. The van der Waals surface area contributed by atoms with Crippen LogP contribution in [0, 0.1) is 65.1 Å². The summed E-state index contributed by atoms with van der Waals surface area (Å²) in [5.74, 6) is 9.31. The predicted octanol–water partition coefficient (Wildman–Crippen LogP) is 8.91. The standard InChI is InChI=1S/C43H71N3O2/c1-3-12-26(13-4-1)28-22-23-36-34(24-28)39-30-17-8-7-16-29(30)33(25-38(39)48-36)43-45-41(27-14-5-2-6-15-27)44-42(46-43)32-19-11-21-37-40(32)31-18-9-10-20-35(31)47-37/h26-46H,1-25H2. The lowest BCUT2D eigenvalue weighted by atomic mass is 9.55. The summed E-state index contributed by atoms with van der Waals surface area (Å²) in [4.78, 5) is 0. The van der Waals surface area contributed by atoms with Crippen LogP contribution >= 0.6 is 0 Å². The van der Waals surface area contributed by atoms with Gasteiger partial charge in [0.15, 0.2) is 0 Å². The molecule has 3 saturated heterocycles. The smallest absolute Gasteiger partial charge is 0.0628 e. The van der Waals surface area contributed by atoms with Crippen molar-refractivity contribution in [2.75, 3.05) is 0 Å². The number of nitrogens with one attached hydrogen (secondary N) is 3. The Morgan fingerprint density at radius 3 is 1.67 bits per heavy atom. The van der Waals surface area contributed by atoms with Crippen LogP contribution in [0.2, 0.25) is 0 Å². The highest BCUT2D eigenvalue weighted by Crippen LogP contribution is 2.59. The van der Waals surface area contributed by atoms with Crippen LogP contribution in [0.4, 0.5) is 0 Å². The first-order chi connectivity index (χ1) is 23.8. The van der Waals surface area contributed by atoms with Crippen molar-refractivity contribution in [1.82, 2.24) is 16.0 Å². The van der Waals surface area contributed by atoms with Gasteiger partial charge in [0.1, 0.15) is 0 Å². The Balaban J connectivity index is 0.914. The lowest BCUT2D eigenvalue weighted by Crippen LogP contribution is -2.74. The molecule has 16 unspecified atom stereocenters. The van der Waals surface area contributed by atoms with E-state index in [1.54, 1.807) is 0 Å². The molecule has 3 heterocycles. The third-order valence-electron chi connectivity index (χ3n) is 17.5. The van der Waals surface area contributed by atoms with Gasteiger partial charge in [-0.25, -0.2) is 0 Å². The van der Waals surface area contributed by atoms with E-state index >= 15 is 0 Å². The van der Waals surface area contributed by atoms with Crippen LogP contribution in [0.3, 0.4) is 0 Å². The maximum atomic E-state index is 7.29. The molecular weight excluding hydrogens is 590 g/mol. The summed E-state index contributed by atoms with van der Waals surface area (Å²) in [7, 11) is 0. The maximum Gasteiger partial charge on any atom is 0.0628 e. The molecule has 5 nitrogen and oxygen atoms in total. The van der Waals surface area contributed by atoms with E-state index in [1.807, 2.05) is 0 Å². The van der Waals surface area contributed by atoms with Crippen LogP contribution in [0.5, 0.6) is 0 Å². The molecule has 0 aromatic carbocycles. The van der Waals surface area contributed by atoms with Crippen molar-refractivity contribution in [3.63, 3.8) is 0 Å². The minimum absolute atomic E-state index is 0.431. The van der Waals surface area contributed by atoms with Gasteiger partial charge in [-0.1, -0.05) is 83.5 Å². The lowest BCUT2D eigenvalue weighted by Gasteiger charge is -2.55. The third kappa shape index (κ3) is 5.90. The van der Waals surface area contributed by atoms with Crippen LogP contribution in [0.25, 0.3) is 0 Å². The zero-order chi connectivity index (χ0) is 31.6. The first-order valence-electron chi connectivity index (χ1n) is 22.4. The summed E-state index contributed by atoms with van der Waals surface area (Å²) >= 11 is 0. The monoisotopic (exact) mass is 662 g/mol. The molecule has 7 aliphatic carbocycles. The number of rotatable bonds is 4. The summed E-state index contributed by atoms with van der Waals surface area (Å²) in [6.45, 7) is 0. The van der Waals surface area contributed by atoms with Crippen molar-refractivity contribution in [2.45, 2.75) is 203 Å². The molecule has 0 bridgehead atoms. The Bertz CT molecular complexity index is 1090. The molecule has 3 N–H and O–H groups in total. The van der Waals surface area contributed by atoms with Gasteiger partial charge in [-0.15, -0.1) is 0 Å². The van der Waals surface area contributed by atoms with E-state index in [0.717, 1.165) is 53.3 Å². The molecule has 16 atom stereocenters. The molecule has 10 rings (SSSR count). The van der Waals surface area contributed by atoms with Crippen LogP contribution in [0.1, 0.15) is 161 Å². The molecule has 0 radical (unpaired) electrons. The minimum atomic E-state index is 0.431. The average Bonchev–Trinajstić information content (AvgIpc) is 3.73. The Hall–Kier alpha value is -0.200. The average molecular weight is 662 g/mol. The van der Waals surface area contributed by atoms with Crippen molar-refractivity contribution >= 4 is 0 Å². The first kappa shape index (κ1) is 32.5. The third-order valence-corrected chi connectivity index (χ3v) is 17.5. The molecule has 0 aromatic heterocycles. The van der Waals surface area contributed by atoms with Crippen LogP contribution in [-0.4, -0.2) is 42.9 Å². The van der Waals surface area contributed by atoms with Gasteiger partial charge >= 0.3 is 0 Å². The van der Waals surface area contributed by atoms with Crippen molar-refractivity contribution in [3.8, 4) is 0 Å². The first-order valence-corrected chi connectivity index (χ1v) is 22.4. The number of hydrogen-bond donors (Lipinski definition) is 3. The fourth-order valence-electron chi connectivity index (χ4n) is 15.5. The van der Waals surface area contributed by atoms with E-state index in [2.05, 4.69) is 16.0 Å². The van der Waals surface area contributed by atoms with Crippen molar-refractivity contribution < 1.29 is 9.47 Å². The van der Waals surface area contributed by atoms with E-state index in [-0.39, 0.29) is 0 Å². The molecule has 7 saturated carbocycles. The van der Waals surface area contributed by atoms with E-state index in [1.165, 1.54) is 161 Å². The van der Waals surface area contributed by atoms with Crippen molar-refractivity contribution in [3.05, 3.63) is 0 Å². The molecule has 10 fully saturated rings. The van der Waals surface area contributed by atoms with Crippen molar-refractivity contribution in [2.24, 2.45) is 65.1 Å². The minimum Gasteiger partial charge on any atom is -0.374 e. The topological polar surface area (TPSA) is 54.5 Å². The largest absolute Gasteiger partial charge is 0.374 e. The summed E-state index contributed by atoms with van der Waals surface area (Å²) in [5, 5.41) is 13.2. The quantitative estimate of drug-likeness (QED) is 0.281. The number of ether oxygens (including phenoxy) is 2. The SMILES string of the molecule is C1CCC(C2CCC3OC4CC(C5NC(C6CCCCC6)NC(C6CCCC7OC8CCCCC8C76)N5)C5CCCCC5C4C3C2)CC1. The Morgan fingerprint density at radius 2 is 0.854 bits per heavy atom. The van der Waals surface area contributed by atoms with E-state index < -0.39 is 0 Å². The molecule has 0 spiro atoms. The maximum absolute atomic E-state index is 7.29. The highest BCUT2D eigenvalue weighted by atomic mass is 16.5. The van der Waals surface area contributed by atoms with Gasteiger partial charge in [-0.05, 0) is 142 Å². The highest BCUT2D eigenvalue weighted by molar-refractivity contribution is 5.08. The fraction of sp³-hybridized carbons (Fsp3) is 1.00. The summed E-state index contributed by atoms with van der Waals surface area (Å²) in [5.41, 5.74) is 0. The molecule has 0 amide bonds. The molecule has 3 aliphatic heterocycles. The normalized spacial score (nSPS) is 53.2. The zero-order valence-corrected chi connectivity index (χ0v) is 30.4. The van der Waals surface area contributed by atoms with Crippen LogP contribution in [-0.2, 0) is 9.47 Å². The Morgan fingerprint density at radius 1 is 0.292 bits per heavy atom. The molecule has 48 heavy (non-hydrogen) atoms. The van der Waals surface area contributed by atoms with E-state index in [9.17, 15) is 0 Å². The Labute approximate surface area is 293 Å². The molecular formula is C43H71N3O2. The van der Waals surface area contributed by atoms with Crippen LogP contribution < -0.4 is 16.0 Å². The van der Waals surface area contributed by atoms with Gasteiger partial charge in [0.25, 0.3) is 0 Å². The fourth-order valence-corrected chi connectivity index (χ4v) is 15.5. The van der Waals surface area contributed by atoms with Gasteiger partial charge in [0, 0.05) is 0 Å². The highest BCUT2D eigenvalue weighted by Gasteiger charge is 2.59. The van der Waals surface area contributed by atoms with Gasteiger partial charge in [0.05, 0.1) is 42.9 Å². The van der Waals surface area contributed by atoms with E-state index in [0.29, 0.717) is 54.7 Å². The molecule has 10 aliphatic rings. The summed E-state index contributed by atoms with van der Waals surface area (Å²) < 4.78 is 14.2. The second kappa shape index (κ2) is 14.0. The Kier molecular flexibility index (Phi) is 9.45. The summed E-state index contributed by atoms with van der Waals surface area (Å²) in [6, 6.07) is 0. The summed E-state index contributed by atoms with van der Waals surface area (Å²) in [6.07, 6.45) is 39.3. The van der Waals surface area contributed by atoms with E-state index in [4.69, 9.17) is 9.47 Å². The second-order valence-corrected chi connectivity index (χ2v) is 19.6. The molecule has 270 valence electrons. The van der Waals surface area contributed by atoms with Gasteiger partial charge in [-0.3, -0.25) is 16.0 Å². The predicted molar refractivity (Wildman–Crippen MR) is 192 cm³/mol. The molecule has 0 aromatic rings. The van der Waals surface area contributed by atoms with Gasteiger partial charge in [-0.2, -0.15) is 0 Å². The van der Waals surface area contributed by atoms with Crippen molar-refractivity contribution in [1.29, 1.82) is 0 Å². The number of hydrogen-bond acceptors (Lipinski definition) is 5. The number of fused-ring (bicyclic) bond motifs is 8.